The molecular formula is C11H6ClF4O2-. The SMILES string of the molecule is Cc1cc(/C([O-])=C/C(=O)C(F)(F)F)c(F)cc1Cl. The van der Waals surface area contributed by atoms with Crippen LogP contribution in [0.1, 0.15) is 11.1 Å². The highest BCUT2D eigenvalue weighted by molar-refractivity contribution is 6.31. The van der Waals surface area contributed by atoms with E-state index in [0.29, 0.717) is 5.56 Å². The fourth-order valence-electron chi connectivity index (χ4n) is 1.12. The van der Waals surface area contributed by atoms with Crippen molar-refractivity contribution >= 4 is 23.1 Å². The summed E-state index contributed by atoms with van der Waals surface area (Å²) in [6.07, 6.45) is -5.35. The summed E-state index contributed by atoms with van der Waals surface area (Å²) in [6, 6.07) is 1.79. The number of carbonyl (C=O) groups is 1. The summed E-state index contributed by atoms with van der Waals surface area (Å²) < 4.78 is 49.1. The van der Waals surface area contributed by atoms with E-state index < -0.39 is 29.1 Å². The van der Waals surface area contributed by atoms with Crippen molar-refractivity contribution in [3.05, 3.63) is 40.2 Å². The van der Waals surface area contributed by atoms with E-state index in [1.165, 1.54) is 6.92 Å². The minimum absolute atomic E-state index is 0.0335. The van der Waals surface area contributed by atoms with Gasteiger partial charge in [0.15, 0.2) is 0 Å². The summed E-state index contributed by atoms with van der Waals surface area (Å²) in [5.74, 6) is -4.77. The first-order chi connectivity index (χ1) is 8.12. The van der Waals surface area contributed by atoms with Crippen molar-refractivity contribution in [2.75, 3.05) is 0 Å². The Labute approximate surface area is 104 Å². The van der Waals surface area contributed by atoms with E-state index in [-0.39, 0.29) is 11.1 Å². The summed E-state index contributed by atoms with van der Waals surface area (Å²) in [5.41, 5.74) is -0.316. The Morgan fingerprint density at radius 2 is 1.94 bits per heavy atom. The van der Waals surface area contributed by atoms with Gasteiger partial charge in [0, 0.05) is 10.6 Å². The Hall–Kier alpha value is -1.56. The van der Waals surface area contributed by atoms with Gasteiger partial charge in [-0.2, -0.15) is 13.2 Å². The van der Waals surface area contributed by atoms with Gasteiger partial charge < -0.3 is 5.11 Å². The molecule has 0 spiro atoms. The molecule has 1 aromatic carbocycles. The highest BCUT2D eigenvalue weighted by Crippen LogP contribution is 2.24. The molecule has 0 atom stereocenters. The fourth-order valence-corrected chi connectivity index (χ4v) is 1.28. The Morgan fingerprint density at radius 3 is 2.44 bits per heavy atom. The van der Waals surface area contributed by atoms with Crippen molar-refractivity contribution in [2.24, 2.45) is 0 Å². The lowest BCUT2D eigenvalue weighted by atomic mass is 10.1. The van der Waals surface area contributed by atoms with Gasteiger partial charge in [0.1, 0.15) is 5.82 Å². The number of hydrogen-bond acceptors (Lipinski definition) is 2. The van der Waals surface area contributed by atoms with Crippen LogP contribution in [0.3, 0.4) is 0 Å². The maximum atomic E-state index is 13.3. The van der Waals surface area contributed by atoms with Crippen LogP contribution >= 0.6 is 11.6 Å². The minimum atomic E-state index is -5.16. The molecule has 1 aromatic rings. The predicted molar refractivity (Wildman–Crippen MR) is 55.2 cm³/mol. The summed E-state index contributed by atoms with van der Waals surface area (Å²) in [4.78, 5) is 10.6. The van der Waals surface area contributed by atoms with Gasteiger partial charge >= 0.3 is 6.18 Å². The third-order valence-electron chi connectivity index (χ3n) is 2.06. The molecule has 0 amide bonds. The first-order valence-electron chi connectivity index (χ1n) is 4.59. The molecule has 0 bridgehead atoms. The van der Waals surface area contributed by atoms with E-state index in [4.69, 9.17) is 11.6 Å². The van der Waals surface area contributed by atoms with Gasteiger partial charge in [-0.1, -0.05) is 17.4 Å². The molecule has 1 rings (SSSR count). The van der Waals surface area contributed by atoms with Crippen LogP contribution in [-0.2, 0) is 4.79 Å². The summed E-state index contributed by atoms with van der Waals surface area (Å²) in [5, 5.41) is 11.4. The van der Waals surface area contributed by atoms with Gasteiger partial charge in [-0.15, -0.1) is 0 Å². The average molecular weight is 282 g/mol. The maximum Gasteiger partial charge on any atom is 0.454 e. The van der Waals surface area contributed by atoms with E-state index in [0.717, 1.165) is 12.1 Å². The second-order valence-corrected chi connectivity index (χ2v) is 3.86. The van der Waals surface area contributed by atoms with E-state index in [2.05, 4.69) is 0 Å². The van der Waals surface area contributed by atoms with Crippen molar-refractivity contribution in [3.8, 4) is 0 Å². The Bertz CT molecular complexity index is 521. The first-order valence-corrected chi connectivity index (χ1v) is 4.96. The van der Waals surface area contributed by atoms with Crippen LogP contribution in [0.2, 0.25) is 5.02 Å². The van der Waals surface area contributed by atoms with Gasteiger partial charge in [-0.25, -0.2) is 4.39 Å². The van der Waals surface area contributed by atoms with Crippen LogP contribution in [0.4, 0.5) is 17.6 Å². The molecule has 0 N–H and O–H groups in total. The smallest absolute Gasteiger partial charge is 0.454 e. The highest BCUT2D eigenvalue weighted by Gasteiger charge is 2.36. The largest absolute Gasteiger partial charge is 0.872 e. The van der Waals surface area contributed by atoms with Crippen molar-refractivity contribution in [1.29, 1.82) is 0 Å². The zero-order valence-corrected chi connectivity index (χ0v) is 9.69. The third kappa shape index (κ3) is 3.22. The zero-order valence-electron chi connectivity index (χ0n) is 8.94. The molecule has 2 nitrogen and oxygen atoms in total. The average Bonchev–Trinajstić information content (AvgIpc) is 2.21. The van der Waals surface area contributed by atoms with Gasteiger partial charge in [-0.3, -0.25) is 4.79 Å². The standard InChI is InChI=1S/C11H7ClF4O2/c1-5-2-6(8(13)3-7(5)12)9(17)4-10(18)11(14,15)16/h2-4,17H,1H3/p-1/b9-4-. The lowest BCUT2D eigenvalue weighted by Gasteiger charge is -2.15. The number of benzene rings is 1. The van der Waals surface area contributed by atoms with E-state index in [1.807, 2.05) is 0 Å². The van der Waals surface area contributed by atoms with Crippen LogP contribution in [0, 0.1) is 12.7 Å². The number of aryl methyl sites for hydroxylation is 1. The second-order valence-electron chi connectivity index (χ2n) is 3.45. The molecule has 0 radical (unpaired) electrons. The zero-order chi connectivity index (χ0) is 14.1. The van der Waals surface area contributed by atoms with Gasteiger partial charge in [-0.05, 0) is 30.7 Å². The molecule has 0 unspecified atom stereocenters. The Kier molecular flexibility index (Phi) is 4.01. The number of hydrogen-bond donors (Lipinski definition) is 0. The molecule has 0 aliphatic carbocycles. The Morgan fingerprint density at radius 1 is 1.39 bits per heavy atom. The summed E-state index contributed by atoms with van der Waals surface area (Å²) in [7, 11) is 0. The monoisotopic (exact) mass is 281 g/mol. The lowest BCUT2D eigenvalue weighted by molar-refractivity contribution is -0.244. The molecule has 0 fully saturated rings. The van der Waals surface area contributed by atoms with Crippen molar-refractivity contribution < 1.29 is 27.5 Å². The van der Waals surface area contributed by atoms with Crippen LogP contribution in [0.5, 0.6) is 0 Å². The van der Waals surface area contributed by atoms with Crippen LogP contribution in [0.15, 0.2) is 18.2 Å². The molecule has 18 heavy (non-hydrogen) atoms. The van der Waals surface area contributed by atoms with Gasteiger partial charge in [0.2, 0.25) is 0 Å². The topological polar surface area (TPSA) is 40.1 Å². The van der Waals surface area contributed by atoms with Crippen LogP contribution in [0.25, 0.3) is 5.76 Å². The molecule has 0 aliphatic rings. The van der Waals surface area contributed by atoms with E-state index in [9.17, 15) is 27.5 Å². The molecule has 0 saturated heterocycles. The number of carbonyl (C=O) groups excluding carboxylic acids is 1. The number of alkyl halides is 3. The molecule has 0 aromatic heterocycles. The van der Waals surface area contributed by atoms with Gasteiger partial charge in [0.25, 0.3) is 5.78 Å². The predicted octanol–water partition coefficient (Wildman–Crippen LogP) is 2.62. The number of allylic oxidation sites excluding steroid dienone is 1. The number of rotatable bonds is 2. The highest BCUT2D eigenvalue weighted by atomic mass is 35.5. The molecule has 0 heterocycles. The van der Waals surface area contributed by atoms with Crippen molar-refractivity contribution in [3.63, 3.8) is 0 Å². The lowest BCUT2D eigenvalue weighted by Crippen LogP contribution is -2.22. The summed E-state index contributed by atoms with van der Waals surface area (Å²) >= 11 is 5.56. The van der Waals surface area contributed by atoms with E-state index in [1.54, 1.807) is 0 Å². The van der Waals surface area contributed by atoms with Crippen LogP contribution in [-0.4, -0.2) is 12.0 Å². The number of ketones is 1. The third-order valence-corrected chi connectivity index (χ3v) is 2.46. The van der Waals surface area contributed by atoms with Gasteiger partial charge in [0.05, 0.1) is 0 Å². The summed E-state index contributed by atoms with van der Waals surface area (Å²) in [6.45, 7) is 1.45. The fraction of sp³-hybridized carbons (Fsp3) is 0.182. The Balaban J connectivity index is 3.19. The van der Waals surface area contributed by atoms with E-state index >= 15 is 0 Å². The normalized spacial score (nSPS) is 12.7. The second kappa shape index (κ2) is 4.97. The quantitative estimate of drug-likeness (QED) is 0.475. The van der Waals surface area contributed by atoms with Crippen LogP contribution < -0.4 is 5.11 Å². The molecule has 98 valence electrons. The van der Waals surface area contributed by atoms with Crippen molar-refractivity contribution in [1.82, 2.24) is 0 Å². The minimum Gasteiger partial charge on any atom is -0.872 e. The maximum absolute atomic E-state index is 13.3. The molecule has 7 heteroatoms. The molecular weight excluding hydrogens is 276 g/mol. The number of halogens is 5. The molecule has 0 aliphatic heterocycles. The first kappa shape index (κ1) is 14.5. The molecule has 0 saturated carbocycles. The van der Waals surface area contributed by atoms with Crippen molar-refractivity contribution in [2.45, 2.75) is 13.1 Å².